The number of nitrogen functional groups attached to an aromatic ring is 2. The molecule has 2 heterocycles. The van der Waals surface area contributed by atoms with Crippen molar-refractivity contribution in [1.29, 1.82) is 0 Å². The van der Waals surface area contributed by atoms with Crippen LogP contribution in [0, 0.1) is 0 Å². The van der Waals surface area contributed by atoms with Crippen molar-refractivity contribution in [2.24, 2.45) is 10.2 Å². The average Bonchev–Trinajstić information content (AvgIpc) is 2.59. The normalized spacial score (nSPS) is 12.2. The van der Waals surface area contributed by atoms with Gasteiger partial charge in [-0.05, 0) is 36.4 Å². The number of azo groups is 1. The Balaban J connectivity index is 1.70. The lowest BCUT2D eigenvalue weighted by molar-refractivity contribution is 0.360. The average molecular weight is 319 g/mol. The maximum absolute atomic E-state index is 5.90. The molecule has 0 spiro atoms. The minimum Gasteiger partial charge on any atom is -0.449 e. The van der Waals surface area contributed by atoms with E-state index in [0.29, 0.717) is 40.2 Å². The zero-order valence-electron chi connectivity index (χ0n) is 12.5. The SMILES string of the molecule is Nc1ccc(N=Nc2cccc3c2Oc2ccccc2O3)c(N)n1. The third-order valence-electron chi connectivity index (χ3n) is 3.43. The Labute approximate surface area is 137 Å². The van der Waals surface area contributed by atoms with Gasteiger partial charge in [-0.2, -0.15) is 0 Å². The lowest BCUT2D eigenvalue weighted by Gasteiger charge is -2.20. The first-order valence-corrected chi connectivity index (χ1v) is 7.22. The molecule has 4 N–H and O–H groups in total. The van der Waals surface area contributed by atoms with Crippen LogP contribution in [0.25, 0.3) is 0 Å². The van der Waals surface area contributed by atoms with Crippen molar-refractivity contribution in [3.63, 3.8) is 0 Å². The highest BCUT2D eigenvalue weighted by Gasteiger charge is 2.21. The summed E-state index contributed by atoms with van der Waals surface area (Å²) in [5, 5.41) is 8.34. The number of ether oxygens (including phenoxy) is 2. The number of hydrogen-bond acceptors (Lipinski definition) is 7. The summed E-state index contributed by atoms with van der Waals surface area (Å²) in [6, 6.07) is 16.1. The van der Waals surface area contributed by atoms with Crippen LogP contribution < -0.4 is 20.9 Å². The molecular weight excluding hydrogens is 306 g/mol. The van der Waals surface area contributed by atoms with E-state index in [4.69, 9.17) is 20.9 Å². The van der Waals surface area contributed by atoms with Gasteiger partial charge in [0.15, 0.2) is 28.8 Å². The highest BCUT2D eigenvalue weighted by Crippen LogP contribution is 2.49. The second-order valence-corrected chi connectivity index (χ2v) is 5.10. The molecule has 0 aliphatic carbocycles. The molecule has 7 heteroatoms. The van der Waals surface area contributed by atoms with E-state index in [9.17, 15) is 0 Å². The minimum absolute atomic E-state index is 0.214. The van der Waals surface area contributed by atoms with Gasteiger partial charge in [0.05, 0.1) is 0 Å². The van der Waals surface area contributed by atoms with Crippen LogP contribution in [-0.4, -0.2) is 4.98 Å². The molecule has 118 valence electrons. The fourth-order valence-electron chi connectivity index (χ4n) is 2.29. The van der Waals surface area contributed by atoms with Crippen LogP contribution >= 0.6 is 0 Å². The van der Waals surface area contributed by atoms with Gasteiger partial charge in [-0.25, -0.2) is 4.98 Å². The largest absolute Gasteiger partial charge is 0.449 e. The number of benzene rings is 2. The summed E-state index contributed by atoms with van der Waals surface area (Å²) < 4.78 is 11.7. The van der Waals surface area contributed by atoms with Crippen molar-refractivity contribution >= 4 is 23.0 Å². The number of hydrogen-bond donors (Lipinski definition) is 2. The topological polar surface area (TPSA) is 108 Å². The summed E-state index contributed by atoms with van der Waals surface area (Å²) in [7, 11) is 0. The zero-order chi connectivity index (χ0) is 16.5. The molecule has 0 atom stereocenters. The molecule has 2 aromatic carbocycles. The lowest BCUT2D eigenvalue weighted by atomic mass is 10.2. The van der Waals surface area contributed by atoms with Crippen molar-refractivity contribution in [3.05, 3.63) is 54.6 Å². The van der Waals surface area contributed by atoms with E-state index in [2.05, 4.69) is 15.2 Å². The monoisotopic (exact) mass is 319 g/mol. The van der Waals surface area contributed by atoms with Crippen LogP contribution in [0.4, 0.5) is 23.0 Å². The van der Waals surface area contributed by atoms with Crippen LogP contribution in [0.3, 0.4) is 0 Å². The summed E-state index contributed by atoms with van der Waals surface area (Å²) in [5.74, 6) is 2.91. The quantitative estimate of drug-likeness (QED) is 0.526. The zero-order valence-corrected chi connectivity index (χ0v) is 12.5. The van der Waals surface area contributed by atoms with Gasteiger partial charge in [0.25, 0.3) is 0 Å². The number of para-hydroxylation sites is 3. The third-order valence-corrected chi connectivity index (χ3v) is 3.43. The third kappa shape index (κ3) is 2.48. The summed E-state index contributed by atoms with van der Waals surface area (Å²) in [6.45, 7) is 0. The fourth-order valence-corrected chi connectivity index (χ4v) is 2.29. The maximum Gasteiger partial charge on any atom is 0.197 e. The van der Waals surface area contributed by atoms with Crippen molar-refractivity contribution < 1.29 is 9.47 Å². The molecule has 0 saturated carbocycles. The first-order chi connectivity index (χ1) is 11.7. The van der Waals surface area contributed by atoms with Crippen molar-refractivity contribution in [2.75, 3.05) is 11.5 Å². The van der Waals surface area contributed by atoms with Gasteiger partial charge in [-0.15, -0.1) is 10.2 Å². The van der Waals surface area contributed by atoms with E-state index < -0.39 is 0 Å². The van der Waals surface area contributed by atoms with E-state index in [0.717, 1.165) is 0 Å². The molecule has 1 aliphatic heterocycles. The van der Waals surface area contributed by atoms with Gasteiger partial charge < -0.3 is 20.9 Å². The number of rotatable bonds is 2. The van der Waals surface area contributed by atoms with Crippen molar-refractivity contribution in [1.82, 2.24) is 4.98 Å². The summed E-state index contributed by atoms with van der Waals surface area (Å²) >= 11 is 0. The second-order valence-electron chi connectivity index (χ2n) is 5.10. The molecular formula is C17H13N5O2. The van der Waals surface area contributed by atoms with Gasteiger partial charge in [-0.1, -0.05) is 18.2 Å². The van der Waals surface area contributed by atoms with Crippen LogP contribution in [0.15, 0.2) is 64.8 Å². The van der Waals surface area contributed by atoms with Crippen molar-refractivity contribution in [3.8, 4) is 23.0 Å². The molecule has 0 fully saturated rings. The number of nitrogens with zero attached hydrogens (tertiary/aromatic N) is 3. The number of anilines is 2. The Kier molecular flexibility index (Phi) is 3.24. The molecule has 0 unspecified atom stereocenters. The molecule has 1 aliphatic rings. The Hall–Kier alpha value is -3.61. The summed E-state index contributed by atoms with van der Waals surface area (Å²) in [4.78, 5) is 3.95. The number of aromatic nitrogens is 1. The standard InChI is InChI=1S/C17H13N5O2/c18-15-9-8-11(17(19)20-15)22-21-10-4-3-7-14-16(10)24-13-6-2-1-5-12(13)23-14/h1-9H,(H4,18,19,20). The van der Waals surface area contributed by atoms with E-state index in [1.54, 1.807) is 18.2 Å². The highest BCUT2D eigenvalue weighted by atomic mass is 16.6. The molecule has 3 aromatic rings. The molecule has 4 rings (SSSR count). The number of nitrogens with two attached hydrogens (primary N) is 2. The van der Waals surface area contributed by atoms with E-state index in [1.165, 1.54) is 0 Å². The molecule has 7 nitrogen and oxygen atoms in total. The molecule has 1 aromatic heterocycles. The number of fused-ring (bicyclic) bond motifs is 2. The highest BCUT2D eigenvalue weighted by molar-refractivity contribution is 5.66. The Bertz CT molecular complexity index is 955. The smallest absolute Gasteiger partial charge is 0.197 e. The second kappa shape index (κ2) is 5.54. The van der Waals surface area contributed by atoms with E-state index in [-0.39, 0.29) is 5.82 Å². The van der Waals surface area contributed by atoms with Gasteiger partial charge in [0.2, 0.25) is 0 Å². The summed E-state index contributed by atoms with van der Waals surface area (Å²) in [6.07, 6.45) is 0. The first kappa shape index (κ1) is 14.0. The van der Waals surface area contributed by atoms with Gasteiger partial charge in [0.1, 0.15) is 17.2 Å². The van der Waals surface area contributed by atoms with Crippen LogP contribution in [0.1, 0.15) is 0 Å². The lowest BCUT2D eigenvalue weighted by Crippen LogP contribution is -1.98. The van der Waals surface area contributed by atoms with Crippen LogP contribution in [0.2, 0.25) is 0 Å². The van der Waals surface area contributed by atoms with Crippen molar-refractivity contribution in [2.45, 2.75) is 0 Å². The summed E-state index contributed by atoms with van der Waals surface area (Å²) in [5.41, 5.74) is 12.3. The molecule has 0 amide bonds. The molecule has 0 radical (unpaired) electrons. The first-order valence-electron chi connectivity index (χ1n) is 7.22. The molecule has 0 saturated heterocycles. The molecule has 24 heavy (non-hydrogen) atoms. The fraction of sp³-hybridized carbons (Fsp3) is 0. The molecule has 0 bridgehead atoms. The van der Waals surface area contributed by atoms with E-state index >= 15 is 0 Å². The Morgan fingerprint density at radius 3 is 2.21 bits per heavy atom. The maximum atomic E-state index is 5.90. The predicted octanol–water partition coefficient (Wildman–Crippen LogP) is 4.56. The Morgan fingerprint density at radius 1 is 0.708 bits per heavy atom. The number of pyridine rings is 1. The Morgan fingerprint density at radius 2 is 1.42 bits per heavy atom. The van der Waals surface area contributed by atoms with Crippen LogP contribution in [0.5, 0.6) is 23.0 Å². The van der Waals surface area contributed by atoms with Gasteiger partial charge in [-0.3, -0.25) is 0 Å². The van der Waals surface area contributed by atoms with E-state index in [1.807, 2.05) is 36.4 Å². The minimum atomic E-state index is 0.214. The van der Waals surface area contributed by atoms with Gasteiger partial charge >= 0.3 is 0 Å². The predicted molar refractivity (Wildman–Crippen MR) is 90.3 cm³/mol. The van der Waals surface area contributed by atoms with Gasteiger partial charge in [0, 0.05) is 0 Å². The van der Waals surface area contributed by atoms with Crippen LogP contribution in [-0.2, 0) is 0 Å².